The molecule has 5 rings (SSSR count). The van der Waals surface area contributed by atoms with Crippen LogP contribution in [0.2, 0.25) is 0 Å². The van der Waals surface area contributed by atoms with Gasteiger partial charge in [-0.3, -0.25) is 14.4 Å². The van der Waals surface area contributed by atoms with Crippen LogP contribution in [0, 0.1) is 5.82 Å². The first-order valence-corrected chi connectivity index (χ1v) is 11.2. The van der Waals surface area contributed by atoms with E-state index in [-0.39, 0.29) is 16.8 Å². The summed E-state index contributed by atoms with van der Waals surface area (Å²) in [5.74, 6) is -4.73. The molecular formula is C27H21F3N6O. The monoisotopic (exact) mass is 502 g/mol. The van der Waals surface area contributed by atoms with E-state index in [1.807, 2.05) is 30.3 Å². The first-order valence-electron chi connectivity index (χ1n) is 11.2. The highest BCUT2D eigenvalue weighted by atomic mass is 19.3. The van der Waals surface area contributed by atoms with Gasteiger partial charge in [0.1, 0.15) is 12.4 Å². The highest BCUT2D eigenvalue weighted by Gasteiger charge is 2.40. The van der Waals surface area contributed by atoms with Crippen molar-refractivity contribution in [3.63, 3.8) is 0 Å². The van der Waals surface area contributed by atoms with Crippen molar-refractivity contribution in [1.29, 1.82) is 0 Å². The number of aliphatic imine (C=N–C) groups is 1. The average molecular weight is 503 g/mol. The first kappa shape index (κ1) is 24.0. The fraction of sp³-hybridized carbons (Fsp3) is 0.111. The number of alkyl halides is 2. The van der Waals surface area contributed by atoms with Crippen LogP contribution in [0.3, 0.4) is 0 Å². The second kappa shape index (κ2) is 9.73. The van der Waals surface area contributed by atoms with Crippen molar-refractivity contribution in [3.05, 3.63) is 108 Å². The van der Waals surface area contributed by atoms with Gasteiger partial charge in [0.2, 0.25) is 5.82 Å². The molecule has 0 radical (unpaired) electrons. The third-order valence-electron chi connectivity index (χ3n) is 5.79. The van der Waals surface area contributed by atoms with Crippen LogP contribution in [0.1, 0.15) is 22.5 Å². The van der Waals surface area contributed by atoms with E-state index in [0.29, 0.717) is 28.8 Å². The number of aromatic nitrogens is 4. The van der Waals surface area contributed by atoms with Crippen LogP contribution < -0.4 is 10.5 Å². The highest BCUT2D eigenvalue weighted by molar-refractivity contribution is 6.09. The zero-order chi connectivity index (χ0) is 26.0. The molecule has 7 nitrogen and oxygen atoms in total. The number of ether oxygens (including phenoxy) is 1. The second-order valence-electron chi connectivity index (χ2n) is 8.23. The fourth-order valence-corrected chi connectivity index (χ4v) is 3.93. The topological polar surface area (TPSA) is 90.7 Å². The minimum Gasteiger partial charge on any atom is -0.487 e. The number of pyridine rings is 2. The van der Waals surface area contributed by atoms with E-state index in [9.17, 15) is 4.39 Å². The van der Waals surface area contributed by atoms with E-state index >= 15 is 8.78 Å². The van der Waals surface area contributed by atoms with Crippen LogP contribution in [0.4, 0.5) is 13.2 Å². The van der Waals surface area contributed by atoms with Crippen molar-refractivity contribution >= 4 is 28.3 Å². The van der Waals surface area contributed by atoms with Gasteiger partial charge in [-0.2, -0.15) is 8.78 Å². The molecule has 0 saturated heterocycles. The molecule has 5 aromatic rings. The van der Waals surface area contributed by atoms with E-state index in [4.69, 9.17) is 10.5 Å². The molecule has 0 unspecified atom stereocenters. The lowest BCUT2D eigenvalue weighted by atomic mass is 10.0. The molecule has 186 valence electrons. The molecule has 37 heavy (non-hydrogen) atoms. The van der Waals surface area contributed by atoms with Crippen LogP contribution in [0.15, 0.2) is 84.2 Å². The Morgan fingerprint density at radius 1 is 1.11 bits per heavy atom. The average Bonchev–Trinajstić information content (AvgIpc) is 3.36. The quantitative estimate of drug-likeness (QED) is 0.312. The van der Waals surface area contributed by atoms with E-state index in [0.717, 1.165) is 16.0 Å². The van der Waals surface area contributed by atoms with Crippen LogP contribution in [0.25, 0.3) is 22.1 Å². The summed E-state index contributed by atoms with van der Waals surface area (Å²) in [7, 11) is 1.52. The molecule has 3 heterocycles. The third kappa shape index (κ3) is 4.61. The number of rotatable bonds is 7. The molecule has 2 aromatic carbocycles. The van der Waals surface area contributed by atoms with Crippen molar-refractivity contribution in [3.8, 4) is 5.75 Å². The molecule has 0 fully saturated rings. The Balaban J connectivity index is 1.52. The van der Waals surface area contributed by atoms with Gasteiger partial charge < -0.3 is 10.5 Å². The summed E-state index contributed by atoms with van der Waals surface area (Å²) in [5.41, 5.74) is 7.01. The number of benzene rings is 2. The van der Waals surface area contributed by atoms with Crippen LogP contribution in [-0.2, 0) is 12.5 Å². The Bertz CT molecular complexity index is 1650. The van der Waals surface area contributed by atoms with Gasteiger partial charge in [0.25, 0.3) is 0 Å². The number of halogens is 3. The summed E-state index contributed by atoms with van der Waals surface area (Å²) < 4.78 is 53.0. The Kier molecular flexibility index (Phi) is 6.31. The lowest BCUT2D eigenvalue weighted by molar-refractivity contribution is 0.0318. The number of fused-ring (bicyclic) bond motifs is 2. The zero-order valence-corrected chi connectivity index (χ0v) is 19.6. The molecule has 0 atom stereocenters. The number of nitrogens with zero attached hydrogens (tertiary/aromatic N) is 5. The molecule has 0 saturated carbocycles. The second-order valence-corrected chi connectivity index (χ2v) is 8.23. The van der Waals surface area contributed by atoms with Gasteiger partial charge in [0.15, 0.2) is 11.5 Å². The molecule has 3 aromatic heterocycles. The minimum absolute atomic E-state index is 0.248. The first-order chi connectivity index (χ1) is 17.9. The van der Waals surface area contributed by atoms with E-state index in [2.05, 4.69) is 20.2 Å². The predicted molar refractivity (Wildman–Crippen MR) is 135 cm³/mol. The summed E-state index contributed by atoms with van der Waals surface area (Å²) >= 11 is 0. The Labute approximate surface area is 209 Å². The Morgan fingerprint density at radius 3 is 2.68 bits per heavy atom. The standard InChI is InChI=1S/C27H21F3N6O/c1-32-13-20(12-31)19-11-23(28)25-34-35-26(36(25)15-19)27(29,30)21-7-8-24-18(9-21)10-22(14-33-24)37-16-17-5-3-2-4-6-17/h2-15H,16,31H2,1H3. The number of hydrogen-bond acceptors (Lipinski definition) is 6. The van der Waals surface area contributed by atoms with E-state index in [1.165, 1.54) is 43.9 Å². The molecule has 2 N–H and O–H groups in total. The zero-order valence-electron chi connectivity index (χ0n) is 19.6. The molecule has 0 amide bonds. The normalized spacial score (nSPS) is 12.6. The largest absolute Gasteiger partial charge is 0.487 e. The molecule has 0 aliphatic heterocycles. The van der Waals surface area contributed by atoms with Gasteiger partial charge in [0.05, 0.1) is 11.7 Å². The van der Waals surface area contributed by atoms with Gasteiger partial charge >= 0.3 is 5.92 Å². The van der Waals surface area contributed by atoms with Gasteiger partial charge in [0, 0.05) is 47.7 Å². The van der Waals surface area contributed by atoms with Crippen molar-refractivity contribution in [2.75, 3.05) is 7.05 Å². The van der Waals surface area contributed by atoms with E-state index in [1.54, 1.807) is 12.3 Å². The van der Waals surface area contributed by atoms with Crippen molar-refractivity contribution < 1.29 is 17.9 Å². The summed E-state index contributed by atoms with van der Waals surface area (Å²) in [5, 5.41) is 7.74. The summed E-state index contributed by atoms with van der Waals surface area (Å²) in [4.78, 5) is 8.18. The molecule has 0 spiro atoms. The van der Waals surface area contributed by atoms with Gasteiger partial charge in [-0.25, -0.2) is 4.39 Å². The Hall–Kier alpha value is -4.73. The maximum atomic E-state index is 15.8. The smallest absolute Gasteiger partial charge is 0.332 e. The van der Waals surface area contributed by atoms with Crippen molar-refractivity contribution in [2.45, 2.75) is 12.5 Å². The lowest BCUT2D eigenvalue weighted by Gasteiger charge is -2.16. The van der Waals surface area contributed by atoms with Crippen LogP contribution in [0.5, 0.6) is 5.75 Å². The van der Waals surface area contributed by atoms with Crippen LogP contribution >= 0.6 is 0 Å². The maximum Gasteiger partial charge on any atom is 0.332 e. The number of nitrogens with two attached hydrogens (primary N) is 1. The van der Waals surface area contributed by atoms with Gasteiger partial charge in [-0.1, -0.05) is 36.4 Å². The SMILES string of the molecule is CN=CC(=CN)c1cc(F)c2nnc(C(F)(F)c3ccc4ncc(OCc5ccccc5)cc4c3)n2c1. The molecule has 10 heteroatoms. The third-order valence-corrected chi connectivity index (χ3v) is 5.79. The van der Waals surface area contributed by atoms with E-state index < -0.39 is 17.6 Å². The molecular weight excluding hydrogens is 481 g/mol. The predicted octanol–water partition coefficient (Wildman–Crippen LogP) is 5.14. The summed E-state index contributed by atoms with van der Waals surface area (Å²) in [6.45, 7) is 0.311. The number of hydrogen-bond donors (Lipinski definition) is 1. The van der Waals surface area contributed by atoms with Crippen LogP contribution in [-0.4, -0.2) is 32.8 Å². The van der Waals surface area contributed by atoms with Gasteiger partial charge in [-0.15, -0.1) is 10.2 Å². The number of allylic oxidation sites excluding steroid dienone is 1. The highest BCUT2D eigenvalue weighted by Crippen LogP contribution is 2.37. The fourth-order valence-electron chi connectivity index (χ4n) is 3.93. The van der Waals surface area contributed by atoms with Crippen molar-refractivity contribution in [2.24, 2.45) is 10.7 Å². The molecule has 0 aliphatic carbocycles. The summed E-state index contributed by atoms with van der Waals surface area (Å²) in [6, 6.07) is 16.4. The van der Waals surface area contributed by atoms with Crippen molar-refractivity contribution in [1.82, 2.24) is 19.6 Å². The molecule has 0 aliphatic rings. The lowest BCUT2D eigenvalue weighted by Crippen LogP contribution is -2.19. The maximum absolute atomic E-state index is 15.8. The molecule has 0 bridgehead atoms. The summed E-state index contributed by atoms with van der Waals surface area (Å²) in [6.07, 6.45) is 5.46. The van der Waals surface area contributed by atoms with Gasteiger partial charge in [-0.05, 0) is 29.8 Å². The Morgan fingerprint density at radius 2 is 1.92 bits per heavy atom. The minimum atomic E-state index is -3.61.